The number of hydrogen-bond donors (Lipinski definition) is 1. The Morgan fingerprint density at radius 3 is 2.95 bits per heavy atom. The van der Waals surface area contributed by atoms with Gasteiger partial charge in [-0.15, -0.1) is 22.7 Å². The van der Waals surface area contributed by atoms with E-state index in [2.05, 4.69) is 16.8 Å². The Bertz CT molecular complexity index is 654. The summed E-state index contributed by atoms with van der Waals surface area (Å²) in [6.07, 6.45) is 3.38. The minimum atomic E-state index is -0.0201. The number of hydrogen-bond acceptors (Lipinski definition) is 4. The van der Waals surface area contributed by atoms with Gasteiger partial charge in [-0.2, -0.15) is 0 Å². The number of rotatable bonds is 4. The maximum Gasteiger partial charge on any atom is 0.261 e. The van der Waals surface area contributed by atoms with Crippen molar-refractivity contribution in [1.82, 2.24) is 5.32 Å². The monoisotopic (exact) mass is 289 g/mol. The van der Waals surface area contributed by atoms with Crippen molar-refractivity contribution < 1.29 is 9.21 Å². The minimum absolute atomic E-state index is 0.0201. The number of nitrogens with one attached hydrogen (secondary N) is 1. The Morgan fingerprint density at radius 1 is 1.26 bits per heavy atom. The van der Waals surface area contributed by atoms with E-state index in [-0.39, 0.29) is 5.91 Å². The van der Waals surface area contributed by atoms with Gasteiger partial charge >= 0.3 is 0 Å². The molecule has 19 heavy (non-hydrogen) atoms. The van der Waals surface area contributed by atoms with Gasteiger partial charge in [0.05, 0.1) is 23.9 Å². The SMILES string of the molecule is O=C(NCc1cc(-c2ccoc2)cs1)c1cccs1. The van der Waals surface area contributed by atoms with Crippen molar-refractivity contribution in [2.75, 3.05) is 0 Å². The maximum absolute atomic E-state index is 11.8. The Morgan fingerprint density at radius 2 is 2.21 bits per heavy atom. The molecule has 3 heterocycles. The Labute approximate surface area is 118 Å². The molecule has 0 aliphatic rings. The molecular formula is C14H11NO2S2. The predicted octanol–water partition coefficient (Wildman–Crippen LogP) is 4.00. The van der Waals surface area contributed by atoms with Crippen LogP contribution in [-0.4, -0.2) is 5.91 Å². The summed E-state index contributed by atoms with van der Waals surface area (Å²) in [6.45, 7) is 0.555. The highest BCUT2D eigenvalue weighted by Crippen LogP contribution is 2.25. The standard InChI is InChI=1S/C14H11NO2S2/c16-14(13-2-1-5-18-13)15-7-12-6-11(9-19-12)10-3-4-17-8-10/h1-6,8-9H,7H2,(H,15,16). The molecule has 3 aromatic rings. The lowest BCUT2D eigenvalue weighted by Gasteiger charge is -2.00. The third kappa shape index (κ3) is 2.77. The van der Waals surface area contributed by atoms with Gasteiger partial charge in [0.15, 0.2) is 0 Å². The molecule has 0 aromatic carbocycles. The molecule has 0 saturated heterocycles. The van der Waals surface area contributed by atoms with Crippen LogP contribution in [0.4, 0.5) is 0 Å². The zero-order valence-electron chi connectivity index (χ0n) is 9.96. The van der Waals surface area contributed by atoms with Crippen molar-refractivity contribution in [2.45, 2.75) is 6.54 Å². The fraction of sp³-hybridized carbons (Fsp3) is 0.0714. The van der Waals surface area contributed by atoms with E-state index in [9.17, 15) is 4.79 Å². The number of carbonyl (C=O) groups is 1. The summed E-state index contributed by atoms with van der Waals surface area (Å²) in [5.41, 5.74) is 2.19. The molecule has 96 valence electrons. The molecule has 0 aliphatic heterocycles. The average molecular weight is 289 g/mol. The molecule has 1 N–H and O–H groups in total. The second-order valence-corrected chi connectivity index (χ2v) is 5.92. The van der Waals surface area contributed by atoms with Gasteiger partial charge in [0, 0.05) is 10.4 Å². The van der Waals surface area contributed by atoms with Gasteiger partial charge in [0.25, 0.3) is 5.91 Å². The van der Waals surface area contributed by atoms with Gasteiger partial charge in [-0.25, -0.2) is 0 Å². The molecule has 1 amide bonds. The van der Waals surface area contributed by atoms with E-state index in [0.717, 1.165) is 20.9 Å². The van der Waals surface area contributed by atoms with Crippen molar-refractivity contribution in [3.8, 4) is 11.1 Å². The van der Waals surface area contributed by atoms with Crippen molar-refractivity contribution in [1.29, 1.82) is 0 Å². The first-order valence-corrected chi connectivity index (χ1v) is 7.50. The first kappa shape index (κ1) is 12.2. The van der Waals surface area contributed by atoms with Crippen LogP contribution in [0.1, 0.15) is 14.5 Å². The van der Waals surface area contributed by atoms with Crippen molar-refractivity contribution in [2.24, 2.45) is 0 Å². The van der Waals surface area contributed by atoms with E-state index in [1.165, 1.54) is 11.3 Å². The second kappa shape index (κ2) is 5.42. The van der Waals surface area contributed by atoms with E-state index in [1.807, 2.05) is 23.6 Å². The fourth-order valence-electron chi connectivity index (χ4n) is 1.72. The highest BCUT2D eigenvalue weighted by atomic mass is 32.1. The molecule has 3 aromatic heterocycles. The lowest BCUT2D eigenvalue weighted by atomic mass is 10.2. The van der Waals surface area contributed by atoms with Gasteiger partial charge in [-0.1, -0.05) is 6.07 Å². The van der Waals surface area contributed by atoms with Crippen LogP contribution >= 0.6 is 22.7 Å². The highest BCUT2D eigenvalue weighted by Gasteiger charge is 2.08. The van der Waals surface area contributed by atoms with Crippen LogP contribution < -0.4 is 5.32 Å². The molecule has 0 bridgehead atoms. The summed E-state index contributed by atoms with van der Waals surface area (Å²) < 4.78 is 5.06. The Balaban J connectivity index is 1.63. The molecule has 5 heteroatoms. The fourth-order valence-corrected chi connectivity index (χ4v) is 3.19. The molecule has 0 spiro atoms. The van der Waals surface area contributed by atoms with Crippen LogP contribution in [0.2, 0.25) is 0 Å². The molecule has 0 saturated carbocycles. The van der Waals surface area contributed by atoms with E-state index in [0.29, 0.717) is 6.54 Å². The van der Waals surface area contributed by atoms with Gasteiger partial charge in [-0.05, 0) is 34.5 Å². The molecule has 0 fully saturated rings. The van der Waals surface area contributed by atoms with Gasteiger partial charge in [-0.3, -0.25) is 4.79 Å². The second-order valence-electron chi connectivity index (χ2n) is 3.97. The lowest BCUT2D eigenvalue weighted by molar-refractivity contribution is 0.0955. The number of thiophene rings is 2. The van der Waals surface area contributed by atoms with Gasteiger partial charge in [0.1, 0.15) is 0 Å². The Hall–Kier alpha value is -1.85. The van der Waals surface area contributed by atoms with Crippen LogP contribution in [0.5, 0.6) is 0 Å². The summed E-state index contributed by atoms with van der Waals surface area (Å²) in [5.74, 6) is -0.0201. The molecule has 3 nitrogen and oxygen atoms in total. The van der Waals surface area contributed by atoms with E-state index in [1.54, 1.807) is 23.9 Å². The molecule has 0 radical (unpaired) electrons. The van der Waals surface area contributed by atoms with Crippen LogP contribution in [0, 0.1) is 0 Å². The van der Waals surface area contributed by atoms with E-state index < -0.39 is 0 Å². The van der Waals surface area contributed by atoms with Crippen molar-refractivity contribution in [3.05, 3.63) is 57.3 Å². The summed E-state index contributed by atoms with van der Waals surface area (Å²) in [6, 6.07) is 7.70. The lowest BCUT2D eigenvalue weighted by Crippen LogP contribution is -2.21. The Kier molecular flexibility index (Phi) is 3.48. The molecule has 0 atom stereocenters. The topological polar surface area (TPSA) is 42.2 Å². The third-order valence-electron chi connectivity index (χ3n) is 2.68. The van der Waals surface area contributed by atoms with E-state index >= 15 is 0 Å². The van der Waals surface area contributed by atoms with Crippen molar-refractivity contribution >= 4 is 28.6 Å². The molecule has 3 rings (SSSR count). The average Bonchev–Trinajstić information content (AvgIpc) is 3.14. The van der Waals surface area contributed by atoms with Gasteiger partial charge in [0.2, 0.25) is 0 Å². The summed E-state index contributed by atoms with van der Waals surface area (Å²) in [4.78, 5) is 13.7. The molecule has 0 aliphatic carbocycles. The van der Waals surface area contributed by atoms with Crippen LogP contribution in [0.15, 0.2) is 52.0 Å². The summed E-state index contributed by atoms with van der Waals surface area (Å²) in [7, 11) is 0. The minimum Gasteiger partial charge on any atom is -0.472 e. The normalized spacial score (nSPS) is 10.5. The van der Waals surface area contributed by atoms with Crippen LogP contribution in [0.3, 0.4) is 0 Å². The highest BCUT2D eigenvalue weighted by molar-refractivity contribution is 7.12. The maximum atomic E-state index is 11.8. The number of carbonyl (C=O) groups excluding carboxylic acids is 1. The zero-order chi connectivity index (χ0) is 13.1. The van der Waals surface area contributed by atoms with Crippen LogP contribution in [-0.2, 0) is 6.54 Å². The van der Waals surface area contributed by atoms with Gasteiger partial charge < -0.3 is 9.73 Å². The first-order valence-electron chi connectivity index (χ1n) is 5.74. The molecule has 0 unspecified atom stereocenters. The third-order valence-corrected chi connectivity index (χ3v) is 4.48. The van der Waals surface area contributed by atoms with E-state index in [4.69, 9.17) is 4.42 Å². The molecular weight excluding hydrogens is 278 g/mol. The predicted molar refractivity (Wildman–Crippen MR) is 77.5 cm³/mol. The summed E-state index contributed by atoms with van der Waals surface area (Å²) >= 11 is 3.08. The number of amides is 1. The first-order chi connectivity index (χ1) is 9.33. The smallest absolute Gasteiger partial charge is 0.261 e. The largest absolute Gasteiger partial charge is 0.472 e. The zero-order valence-corrected chi connectivity index (χ0v) is 11.6. The number of furan rings is 1. The van der Waals surface area contributed by atoms with Crippen LogP contribution in [0.25, 0.3) is 11.1 Å². The quantitative estimate of drug-likeness (QED) is 0.789. The summed E-state index contributed by atoms with van der Waals surface area (Å²) in [5, 5.41) is 6.89. The van der Waals surface area contributed by atoms with Crippen molar-refractivity contribution in [3.63, 3.8) is 0 Å².